The summed E-state index contributed by atoms with van der Waals surface area (Å²) in [5, 5.41) is 0. The molecular formula is C24H24N2O3S. The zero-order valence-electron chi connectivity index (χ0n) is 17.1. The monoisotopic (exact) mass is 420 g/mol. The molecule has 1 aliphatic rings. The molecule has 4 rings (SSSR count). The Labute approximate surface area is 177 Å². The number of fused-ring (bicyclic) bond motifs is 1. The molecule has 5 nitrogen and oxygen atoms in total. The largest absolute Gasteiger partial charge is 0.308 e. The summed E-state index contributed by atoms with van der Waals surface area (Å²) in [4.78, 5) is 15.0. The molecule has 1 heterocycles. The molecule has 3 aromatic rings. The maximum Gasteiger partial charge on any atom is 0.262 e. The van der Waals surface area contributed by atoms with Gasteiger partial charge in [-0.25, -0.2) is 8.42 Å². The summed E-state index contributed by atoms with van der Waals surface area (Å²) in [5.74, 6) is -0.0778. The van der Waals surface area contributed by atoms with Gasteiger partial charge in [0.1, 0.15) is 0 Å². The van der Waals surface area contributed by atoms with E-state index in [0.717, 1.165) is 29.7 Å². The van der Waals surface area contributed by atoms with E-state index in [1.165, 1.54) is 0 Å². The Kier molecular flexibility index (Phi) is 5.35. The highest BCUT2D eigenvalue weighted by atomic mass is 32.2. The number of hydrogen-bond donors (Lipinski definition) is 1. The van der Waals surface area contributed by atoms with Gasteiger partial charge in [-0.15, -0.1) is 0 Å². The average molecular weight is 421 g/mol. The van der Waals surface area contributed by atoms with Gasteiger partial charge >= 0.3 is 0 Å². The van der Waals surface area contributed by atoms with Gasteiger partial charge in [-0.1, -0.05) is 42.0 Å². The Morgan fingerprint density at radius 2 is 1.73 bits per heavy atom. The molecule has 1 N–H and O–H groups in total. The van der Waals surface area contributed by atoms with Crippen molar-refractivity contribution in [3.63, 3.8) is 0 Å². The molecule has 1 amide bonds. The van der Waals surface area contributed by atoms with Crippen LogP contribution < -0.4 is 9.62 Å². The van der Waals surface area contributed by atoms with Crippen molar-refractivity contribution in [3.05, 3.63) is 89.0 Å². The van der Waals surface area contributed by atoms with Gasteiger partial charge in [-0.05, 0) is 68.1 Å². The van der Waals surface area contributed by atoms with E-state index in [2.05, 4.69) is 4.72 Å². The van der Waals surface area contributed by atoms with Crippen molar-refractivity contribution in [2.24, 2.45) is 0 Å². The normalized spacial score (nSPS) is 13.6. The van der Waals surface area contributed by atoms with E-state index in [-0.39, 0.29) is 10.8 Å². The van der Waals surface area contributed by atoms with Gasteiger partial charge in [0.2, 0.25) is 0 Å². The Hall–Kier alpha value is -3.12. The molecule has 6 heteroatoms. The minimum atomic E-state index is -3.73. The van der Waals surface area contributed by atoms with Crippen molar-refractivity contribution in [3.8, 4) is 0 Å². The molecule has 0 fully saturated rings. The first kappa shape index (κ1) is 20.2. The van der Waals surface area contributed by atoms with Crippen LogP contribution in [0, 0.1) is 13.8 Å². The summed E-state index contributed by atoms with van der Waals surface area (Å²) < 4.78 is 28.6. The fraction of sp³-hybridized carbons (Fsp3) is 0.208. The minimum Gasteiger partial charge on any atom is -0.308 e. The number of amides is 1. The maximum absolute atomic E-state index is 13.0. The SMILES string of the molecule is Cc1ccc(S(=O)(=O)Nc2ccc3c(c2)N(C(=O)c2ccccc2)CCC3)c(C)c1. The number of carbonyl (C=O) groups is 1. The molecule has 0 aromatic heterocycles. The van der Waals surface area contributed by atoms with E-state index in [4.69, 9.17) is 0 Å². The summed E-state index contributed by atoms with van der Waals surface area (Å²) in [6, 6.07) is 19.8. The van der Waals surface area contributed by atoms with Gasteiger partial charge in [0, 0.05) is 17.8 Å². The van der Waals surface area contributed by atoms with Crippen molar-refractivity contribution in [1.82, 2.24) is 0 Å². The van der Waals surface area contributed by atoms with E-state index in [1.54, 1.807) is 48.2 Å². The summed E-state index contributed by atoms with van der Waals surface area (Å²) in [6.45, 7) is 4.32. The molecule has 154 valence electrons. The molecule has 0 saturated heterocycles. The highest BCUT2D eigenvalue weighted by Crippen LogP contribution is 2.32. The second-order valence-electron chi connectivity index (χ2n) is 7.64. The summed E-state index contributed by atoms with van der Waals surface area (Å²) >= 11 is 0. The van der Waals surface area contributed by atoms with Crippen molar-refractivity contribution in [2.75, 3.05) is 16.2 Å². The summed E-state index contributed by atoms with van der Waals surface area (Å²) in [5.41, 5.74) is 4.57. The fourth-order valence-corrected chi connectivity index (χ4v) is 5.17. The second kappa shape index (κ2) is 7.95. The van der Waals surface area contributed by atoms with Crippen molar-refractivity contribution in [2.45, 2.75) is 31.6 Å². The topological polar surface area (TPSA) is 66.5 Å². The Bertz CT molecular complexity index is 1200. The number of aryl methyl sites for hydroxylation is 3. The van der Waals surface area contributed by atoms with Crippen molar-refractivity contribution < 1.29 is 13.2 Å². The lowest BCUT2D eigenvalue weighted by Crippen LogP contribution is -2.35. The van der Waals surface area contributed by atoms with Gasteiger partial charge in [-0.3, -0.25) is 9.52 Å². The highest BCUT2D eigenvalue weighted by Gasteiger charge is 2.25. The average Bonchev–Trinajstić information content (AvgIpc) is 2.73. The number of benzene rings is 3. The molecule has 0 saturated carbocycles. The third-order valence-corrected chi connectivity index (χ3v) is 6.88. The lowest BCUT2D eigenvalue weighted by Gasteiger charge is -2.30. The molecule has 0 radical (unpaired) electrons. The highest BCUT2D eigenvalue weighted by molar-refractivity contribution is 7.92. The van der Waals surface area contributed by atoms with Gasteiger partial charge in [0.05, 0.1) is 10.6 Å². The minimum absolute atomic E-state index is 0.0778. The number of nitrogens with one attached hydrogen (secondary N) is 1. The number of nitrogens with zero attached hydrogens (tertiary/aromatic N) is 1. The third kappa shape index (κ3) is 3.96. The van der Waals surface area contributed by atoms with Crippen LogP contribution in [0.15, 0.2) is 71.6 Å². The number of hydrogen-bond acceptors (Lipinski definition) is 3. The lowest BCUT2D eigenvalue weighted by molar-refractivity contribution is 0.0985. The van der Waals surface area contributed by atoms with Crippen molar-refractivity contribution >= 4 is 27.3 Å². The molecule has 1 aliphatic heterocycles. The smallest absolute Gasteiger partial charge is 0.262 e. The Morgan fingerprint density at radius 1 is 0.967 bits per heavy atom. The second-order valence-corrected chi connectivity index (χ2v) is 9.30. The van der Waals surface area contributed by atoms with Crippen LogP contribution in [-0.4, -0.2) is 20.9 Å². The van der Waals surface area contributed by atoms with E-state index in [1.807, 2.05) is 37.3 Å². The van der Waals surface area contributed by atoms with Crippen LogP contribution >= 0.6 is 0 Å². The van der Waals surface area contributed by atoms with Crippen LogP contribution in [0.25, 0.3) is 0 Å². The van der Waals surface area contributed by atoms with E-state index in [0.29, 0.717) is 23.4 Å². The molecule has 3 aromatic carbocycles. The first-order chi connectivity index (χ1) is 14.3. The zero-order valence-corrected chi connectivity index (χ0v) is 17.9. The molecular weight excluding hydrogens is 396 g/mol. The van der Waals surface area contributed by atoms with E-state index in [9.17, 15) is 13.2 Å². The van der Waals surface area contributed by atoms with Gasteiger partial charge in [0.25, 0.3) is 15.9 Å². The van der Waals surface area contributed by atoms with E-state index < -0.39 is 10.0 Å². The third-order valence-electron chi connectivity index (χ3n) is 5.34. The Morgan fingerprint density at radius 3 is 2.47 bits per heavy atom. The molecule has 0 bridgehead atoms. The first-order valence-electron chi connectivity index (χ1n) is 9.95. The predicted molar refractivity (Wildman–Crippen MR) is 120 cm³/mol. The van der Waals surface area contributed by atoms with Crippen LogP contribution in [0.4, 0.5) is 11.4 Å². The lowest BCUT2D eigenvalue weighted by atomic mass is 10.00. The first-order valence-corrected chi connectivity index (χ1v) is 11.4. The molecule has 0 atom stereocenters. The number of sulfonamides is 1. The van der Waals surface area contributed by atoms with Crippen molar-refractivity contribution in [1.29, 1.82) is 0 Å². The molecule has 0 spiro atoms. The van der Waals surface area contributed by atoms with Gasteiger partial charge in [0.15, 0.2) is 0 Å². The van der Waals surface area contributed by atoms with Crippen LogP contribution in [0.2, 0.25) is 0 Å². The van der Waals surface area contributed by atoms with Crippen LogP contribution in [0.1, 0.15) is 33.5 Å². The maximum atomic E-state index is 13.0. The number of anilines is 2. The molecule has 30 heavy (non-hydrogen) atoms. The van der Waals surface area contributed by atoms with Gasteiger partial charge in [-0.2, -0.15) is 0 Å². The standard InChI is InChI=1S/C24H24N2O3S/c1-17-10-13-23(18(2)15-17)30(28,29)25-21-12-11-19-9-6-14-26(22(19)16-21)24(27)20-7-4-3-5-8-20/h3-5,7-8,10-13,15-16,25H,6,9,14H2,1-2H3. The van der Waals surface area contributed by atoms with Gasteiger partial charge < -0.3 is 4.90 Å². The van der Waals surface area contributed by atoms with E-state index >= 15 is 0 Å². The number of carbonyl (C=O) groups excluding carboxylic acids is 1. The van der Waals surface area contributed by atoms with Crippen LogP contribution in [0.5, 0.6) is 0 Å². The quantitative estimate of drug-likeness (QED) is 0.665. The number of rotatable bonds is 4. The fourth-order valence-electron chi connectivity index (χ4n) is 3.90. The molecule has 0 unspecified atom stereocenters. The zero-order chi connectivity index (χ0) is 21.3. The van der Waals surface area contributed by atoms with Crippen LogP contribution in [-0.2, 0) is 16.4 Å². The predicted octanol–water partition coefficient (Wildman–Crippen LogP) is 4.70. The molecule has 0 aliphatic carbocycles. The summed E-state index contributed by atoms with van der Waals surface area (Å²) in [6.07, 6.45) is 1.73. The summed E-state index contributed by atoms with van der Waals surface area (Å²) in [7, 11) is -3.73. The Balaban J connectivity index is 1.67. The van der Waals surface area contributed by atoms with Crippen LogP contribution in [0.3, 0.4) is 0 Å².